The number of methoxy groups -OCH3 is 1. The van der Waals surface area contributed by atoms with Crippen molar-refractivity contribution >= 4 is 23.3 Å². The minimum atomic E-state index is -0.568. The van der Waals surface area contributed by atoms with Gasteiger partial charge >= 0.3 is 0 Å². The average molecular weight is 380 g/mol. The summed E-state index contributed by atoms with van der Waals surface area (Å²) >= 11 is 0. The molecule has 4 N–H and O–H groups in total. The molecule has 28 heavy (non-hydrogen) atoms. The number of aromatic nitrogens is 1. The van der Waals surface area contributed by atoms with Crippen LogP contribution in [-0.4, -0.2) is 60.8 Å². The van der Waals surface area contributed by atoms with Gasteiger partial charge in [-0.2, -0.15) is 0 Å². The molecule has 2 aliphatic heterocycles. The van der Waals surface area contributed by atoms with Crippen LogP contribution in [-0.2, 0) is 0 Å². The molecule has 0 aliphatic carbocycles. The Labute approximate surface area is 161 Å². The number of carbonyl (C=O) groups is 1. The number of amidine groups is 2. The van der Waals surface area contributed by atoms with Crippen molar-refractivity contribution in [3.63, 3.8) is 0 Å². The van der Waals surface area contributed by atoms with Crippen molar-refractivity contribution in [1.82, 2.24) is 9.88 Å². The molecule has 144 valence electrons. The number of fused-ring (bicyclic) bond motifs is 3. The van der Waals surface area contributed by atoms with Crippen LogP contribution >= 0.6 is 0 Å². The van der Waals surface area contributed by atoms with Gasteiger partial charge in [-0.15, -0.1) is 0 Å². The first kappa shape index (κ1) is 17.9. The summed E-state index contributed by atoms with van der Waals surface area (Å²) < 4.78 is 11.3. The van der Waals surface area contributed by atoms with E-state index in [4.69, 9.17) is 25.9 Å². The third-order valence-corrected chi connectivity index (χ3v) is 4.52. The van der Waals surface area contributed by atoms with E-state index in [0.717, 1.165) is 11.4 Å². The molecule has 0 unspecified atom stereocenters. The first-order valence-electron chi connectivity index (χ1n) is 8.85. The van der Waals surface area contributed by atoms with Gasteiger partial charge in [0, 0.05) is 24.8 Å². The van der Waals surface area contributed by atoms with E-state index in [-0.39, 0.29) is 0 Å². The number of nitrogens with two attached hydrogens (primary N) is 2. The lowest BCUT2D eigenvalue weighted by atomic mass is 10.1. The van der Waals surface area contributed by atoms with Crippen LogP contribution in [0, 0.1) is 0 Å². The number of carbonyl (C=O) groups excluding carboxylic acids is 1. The molecule has 4 rings (SSSR count). The highest BCUT2D eigenvalue weighted by Gasteiger charge is 2.34. The fourth-order valence-corrected chi connectivity index (χ4v) is 3.34. The molecule has 9 nitrogen and oxygen atoms in total. The molecule has 3 heterocycles. The van der Waals surface area contributed by atoms with Crippen LogP contribution in [0.4, 0.5) is 5.69 Å². The Hall–Kier alpha value is -3.46. The molecule has 2 aliphatic rings. The fraction of sp³-hybridized carbons (Fsp3) is 0.263. The van der Waals surface area contributed by atoms with Crippen molar-refractivity contribution in [2.45, 2.75) is 0 Å². The standard InChI is InChI=1S/C19H20N6O3/c1-27-16-13(28-10-6-20)5-4-12-14(16)24-19(25-9-8-23-18(12)25)15-11(17(21)26)3-2-7-22-15/h2-5,7H,6,8-10,20H2,1H3,(H2,21,26). The quantitative estimate of drug-likeness (QED) is 0.758. The largest absolute Gasteiger partial charge is 0.491 e. The molecule has 0 saturated carbocycles. The minimum absolute atomic E-state index is 0.297. The van der Waals surface area contributed by atoms with Gasteiger partial charge in [0.2, 0.25) is 0 Å². The van der Waals surface area contributed by atoms with Gasteiger partial charge in [-0.05, 0) is 24.3 Å². The van der Waals surface area contributed by atoms with Crippen molar-refractivity contribution in [3.05, 3.63) is 47.3 Å². The number of aliphatic imine (C=N–C) groups is 2. The Bertz CT molecular complexity index is 1000. The maximum absolute atomic E-state index is 11.9. The number of benzene rings is 1. The molecule has 0 fully saturated rings. The molecule has 9 heteroatoms. The van der Waals surface area contributed by atoms with E-state index < -0.39 is 5.91 Å². The number of hydrogen-bond donors (Lipinski definition) is 2. The zero-order chi connectivity index (χ0) is 19.7. The van der Waals surface area contributed by atoms with Crippen LogP contribution in [0.2, 0.25) is 0 Å². The number of pyridine rings is 1. The summed E-state index contributed by atoms with van der Waals surface area (Å²) in [6.45, 7) is 1.98. The van der Waals surface area contributed by atoms with Gasteiger partial charge in [0.25, 0.3) is 5.91 Å². The van der Waals surface area contributed by atoms with Gasteiger partial charge in [0.15, 0.2) is 17.3 Å². The number of ether oxygens (including phenoxy) is 2. The molecule has 0 spiro atoms. The third-order valence-electron chi connectivity index (χ3n) is 4.52. The highest BCUT2D eigenvalue weighted by Crippen LogP contribution is 2.43. The Kier molecular flexibility index (Phi) is 4.66. The molecular weight excluding hydrogens is 360 g/mol. The van der Waals surface area contributed by atoms with E-state index in [1.165, 1.54) is 0 Å². The van der Waals surface area contributed by atoms with Gasteiger partial charge in [-0.25, -0.2) is 4.99 Å². The lowest BCUT2D eigenvalue weighted by Crippen LogP contribution is -2.39. The summed E-state index contributed by atoms with van der Waals surface area (Å²) in [4.78, 5) is 27.6. The van der Waals surface area contributed by atoms with Gasteiger partial charge in [0.1, 0.15) is 23.8 Å². The number of amides is 1. The smallest absolute Gasteiger partial charge is 0.251 e. The summed E-state index contributed by atoms with van der Waals surface area (Å²) in [7, 11) is 1.55. The predicted molar refractivity (Wildman–Crippen MR) is 105 cm³/mol. The zero-order valence-corrected chi connectivity index (χ0v) is 15.4. The maximum atomic E-state index is 11.9. The van der Waals surface area contributed by atoms with Crippen LogP contribution in [0.25, 0.3) is 0 Å². The lowest BCUT2D eigenvalue weighted by Gasteiger charge is -2.29. The number of primary amides is 1. The SMILES string of the molecule is COc1c(OCCN)ccc2c1N=C(c1ncccc1C(N)=O)N1CCN=C21. The van der Waals surface area contributed by atoms with Crippen molar-refractivity contribution in [2.75, 3.05) is 33.4 Å². The van der Waals surface area contributed by atoms with Crippen molar-refractivity contribution in [2.24, 2.45) is 21.5 Å². The molecular formula is C19H20N6O3. The predicted octanol–water partition coefficient (Wildman–Crippen LogP) is 0.681. The second kappa shape index (κ2) is 7.28. The molecule has 0 atom stereocenters. The van der Waals surface area contributed by atoms with Gasteiger partial charge in [-0.3, -0.25) is 14.8 Å². The van der Waals surface area contributed by atoms with Gasteiger partial charge in [-0.1, -0.05) is 0 Å². The number of hydrogen-bond acceptors (Lipinski definition) is 8. The molecule has 1 aromatic heterocycles. The second-order valence-corrected chi connectivity index (χ2v) is 6.19. The van der Waals surface area contributed by atoms with E-state index in [1.54, 1.807) is 25.4 Å². The van der Waals surface area contributed by atoms with Crippen LogP contribution in [0.5, 0.6) is 11.5 Å². The van der Waals surface area contributed by atoms with E-state index in [9.17, 15) is 4.79 Å². The van der Waals surface area contributed by atoms with Crippen LogP contribution in [0.15, 0.2) is 40.4 Å². The first-order chi connectivity index (χ1) is 13.7. The van der Waals surface area contributed by atoms with Crippen LogP contribution in [0.1, 0.15) is 21.6 Å². The van der Waals surface area contributed by atoms with Crippen molar-refractivity contribution in [1.29, 1.82) is 0 Å². The minimum Gasteiger partial charge on any atom is -0.491 e. The summed E-state index contributed by atoms with van der Waals surface area (Å²) in [5.74, 6) is 1.71. The van der Waals surface area contributed by atoms with E-state index >= 15 is 0 Å². The highest BCUT2D eigenvalue weighted by atomic mass is 16.5. The first-order valence-corrected chi connectivity index (χ1v) is 8.85. The topological polar surface area (TPSA) is 128 Å². The van der Waals surface area contributed by atoms with E-state index in [0.29, 0.717) is 60.5 Å². The van der Waals surface area contributed by atoms with Gasteiger partial charge < -0.3 is 25.8 Å². The van der Waals surface area contributed by atoms with Crippen LogP contribution < -0.4 is 20.9 Å². The summed E-state index contributed by atoms with van der Waals surface area (Å²) in [5.41, 5.74) is 13.2. The highest BCUT2D eigenvalue weighted by molar-refractivity contribution is 6.22. The summed E-state index contributed by atoms with van der Waals surface area (Å²) in [6.07, 6.45) is 1.60. The monoisotopic (exact) mass is 380 g/mol. The van der Waals surface area contributed by atoms with Crippen LogP contribution in [0.3, 0.4) is 0 Å². The zero-order valence-electron chi connectivity index (χ0n) is 15.4. The Morgan fingerprint density at radius 1 is 1.29 bits per heavy atom. The molecule has 1 amide bonds. The Morgan fingerprint density at radius 3 is 2.89 bits per heavy atom. The number of nitrogens with zero attached hydrogens (tertiary/aromatic N) is 4. The molecule has 0 bridgehead atoms. The summed E-state index contributed by atoms with van der Waals surface area (Å²) in [6, 6.07) is 7.02. The number of rotatable bonds is 6. The molecule has 0 radical (unpaired) electrons. The maximum Gasteiger partial charge on any atom is 0.251 e. The molecule has 0 saturated heterocycles. The second-order valence-electron chi connectivity index (χ2n) is 6.19. The average Bonchev–Trinajstić information content (AvgIpc) is 3.21. The fourth-order valence-electron chi connectivity index (χ4n) is 3.34. The van der Waals surface area contributed by atoms with E-state index in [2.05, 4.69) is 9.98 Å². The van der Waals surface area contributed by atoms with E-state index in [1.807, 2.05) is 17.0 Å². The van der Waals surface area contributed by atoms with Gasteiger partial charge in [0.05, 0.1) is 19.2 Å². The molecule has 2 aromatic rings. The third kappa shape index (κ3) is 2.85. The van der Waals surface area contributed by atoms with Crippen molar-refractivity contribution in [3.8, 4) is 11.5 Å². The Morgan fingerprint density at radius 2 is 2.14 bits per heavy atom. The summed E-state index contributed by atoms with van der Waals surface area (Å²) in [5, 5.41) is 0. The Balaban J connectivity index is 1.93. The lowest BCUT2D eigenvalue weighted by molar-refractivity contribution is 0.0999. The normalized spacial score (nSPS) is 14.7. The van der Waals surface area contributed by atoms with Crippen molar-refractivity contribution < 1.29 is 14.3 Å². The molecule has 1 aromatic carbocycles.